The lowest BCUT2D eigenvalue weighted by Crippen LogP contribution is -2.59. The predicted molar refractivity (Wildman–Crippen MR) is 65.1 cm³/mol. The lowest BCUT2D eigenvalue weighted by molar-refractivity contribution is -0.350. The zero-order valence-electron chi connectivity index (χ0n) is 12.0. The molecule has 132 valence electrons. The third-order valence-electron chi connectivity index (χ3n) is 4.60. The lowest BCUT2D eigenvalue weighted by atomic mass is 9.67. The van der Waals surface area contributed by atoms with Gasteiger partial charge in [-0.2, -0.15) is 30.7 Å². The standard InChI is InChI=1S/C14H15F7O2/c1-8-4-5-9-3-2-6-11(8,7-9)23-10(22)12(15,16)13(17,18)14(19,20)21/h9H,1-7H2. The first-order chi connectivity index (χ1) is 10.3. The van der Waals surface area contributed by atoms with Crippen LogP contribution in [0.4, 0.5) is 30.7 Å². The molecule has 0 N–H and O–H groups in total. The molecule has 0 aromatic rings. The molecule has 2 fully saturated rings. The molecule has 23 heavy (non-hydrogen) atoms. The number of fused-ring (bicyclic) bond motifs is 2. The Morgan fingerprint density at radius 3 is 2.30 bits per heavy atom. The Morgan fingerprint density at radius 1 is 1.13 bits per heavy atom. The number of ether oxygens (including phenoxy) is 1. The molecule has 0 amide bonds. The molecule has 0 spiro atoms. The molecule has 0 aromatic heterocycles. The van der Waals surface area contributed by atoms with Crippen LogP contribution in [0.5, 0.6) is 0 Å². The van der Waals surface area contributed by atoms with Crippen molar-refractivity contribution in [1.29, 1.82) is 0 Å². The summed E-state index contributed by atoms with van der Waals surface area (Å²) >= 11 is 0. The summed E-state index contributed by atoms with van der Waals surface area (Å²) in [5.74, 6) is -15.3. The van der Waals surface area contributed by atoms with Crippen LogP contribution in [0.3, 0.4) is 0 Å². The van der Waals surface area contributed by atoms with Gasteiger partial charge in [0.15, 0.2) is 0 Å². The van der Waals surface area contributed by atoms with Crippen LogP contribution in [-0.4, -0.2) is 29.6 Å². The summed E-state index contributed by atoms with van der Waals surface area (Å²) in [6, 6.07) is 0. The van der Waals surface area contributed by atoms with Gasteiger partial charge >= 0.3 is 24.0 Å². The predicted octanol–water partition coefficient (Wildman–Crippen LogP) is 4.64. The van der Waals surface area contributed by atoms with Gasteiger partial charge in [-0.05, 0) is 43.6 Å². The molecule has 0 aromatic carbocycles. The van der Waals surface area contributed by atoms with Gasteiger partial charge < -0.3 is 4.74 Å². The van der Waals surface area contributed by atoms with E-state index >= 15 is 0 Å². The first kappa shape index (κ1) is 18.1. The van der Waals surface area contributed by atoms with Crippen LogP contribution in [0.15, 0.2) is 12.2 Å². The van der Waals surface area contributed by atoms with Crippen molar-refractivity contribution in [2.75, 3.05) is 0 Å². The Labute approximate surface area is 127 Å². The summed E-state index contributed by atoms with van der Waals surface area (Å²) in [5, 5.41) is 0. The number of carbonyl (C=O) groups is 1. The Morgan fingerprint density at radius 2 is 1.74 bits per heavy atom. The van der Waals surface area contributed by atoms with E-state index in [2.05, 4.69) is 11.3 Å². The lowest BCUT2D eigenvalue weighted by Gasteiger charge is -2.46. The summed E-state index contributed by atoms with van der Waals surface area (Å²) in [6.07, 6.45) is -4.01. The molecular weight excluding hydrogens is 333 g/mol. The molecule has 2 unspecified atom stereocenters. The van der Waals surface area contributed by atoms with E-state index in [4.69, 9.17) is 0 Å². The second-order valence-corrected chi connectivity index (χ2v) is 6.13. The van der Waals surface area contributed by atoms with Crippen LogP contribution in [0.1, 0.15) is 38.5 Å². The summed E-state index contributed by atoms with van der Waals surface area (Å²) in [5.41, 5.74) is -1.28. The summed E-state index contributed by atoms with van der Waals surface area (Å²) in [6.45, 7) is 3.62. The van der Waals surface area contributed by atoms with Gasteiger partial charge in [0.2, 0.25) is 0 Å². The van der Waals surface area contributed by atoms with Gasteiger partial charge in [0, 0.05) is 0 Å². The first-order valence-electron chi connectivity index (χ1n) is 7.07. The maximum Gasteiger partial charge on any atom is 0.460 e. The van der Waals surface area contributed by atoms with Gasteiger partial charge in [-0.1, -0.05) is 13.0 Å². The minimum Gasteiger partial charge on any atom is -0.450 e. The fourth-order valence-corrected chi connectivity index (χ4v) is 3.23. The number of esters is 1. The zero-order valence-corrected chi connectivity index (χ0v) is 12.0. The maximum absolute atomic E-state index is 13.4. The fraction of sp³-hybridized carbons (Fsp3) is 0.786. The Balaban J connectivity index is 2.25. The summed E-state index contributed by atoms with van der Waals surface area (Å²) < 4.78 is 93.7. The molecular formula is C14H15F7O2. The van der Waals surface area contributed by atoms with Crippen molar-refractivity contribution in [2.45, 2.75) is 62.1 Å². The highest BCUT2D eigenvalue weighted by molar-refractivity contribution is 5.80. The quantitative estimate of drug-likeness (QED) is 0.422. The minimum atomic E-state index is -6.56. The fourth-order valence-electron chi connectivity index (χ4n) is 3.23. The van der Waals surface area contributed by atoms with E-state index in [1.165, 1.54) is 0 Å². The van der Waals surface area contributed by atoms with Crippen LogP contribution < -0.4 is 0 Å². The van der Waals surface area contributed by atoms with E-state index in [0.717, 1.165) is 6.42 Å². The van der Waals surface area contributed by atoms with Crippen molar-refractivity contribution in [3.8, 4) is 0 Å². The van der Waals surface area contributed by atoms with E-state index in [1.807, 2.05) is 0 Å². The van der Waals surface area contributed by atoms with E-state index in [1.54, 1.807) is 0 Å². The van der Waals surface area contributed by atoms with Gasteiger partial charge in [-0.15, -0.1) is 0 Å². The highest BCUT2D eigenvalue weighted by Gasteiger charge is 2.77. The third kappa shape index (κ3) is 2.82. The third-order valence-corrected chi connectivity index (χ3v) is 4.60. The van der Waals surface area contributed by atoms with Crippen LogP contribution in [0.25, 0.3) is 0 Å². The average molecular weight is 348 g/mol. The van der Waals surface area contributed by atoms with Gasteiger partial charge in [-0.25, -0.2) is 4.79 Å². The van der Waals surface area contributed by atoms with E-state index in [0.29, 0.717) is 19.3 Å². The highest BCUT2D eigenvalue weighted by atomic mass is 19.4. The number of halogens is 7. The molecule has 2 saturated carbocycles. The van der Waals surface area contributed by atoms with Crippen molar-refractivity contribution in [2.24, 2.45) is 5.92 Å². The molecule has 2 bridgehead atoms. The van der Waals surface area contributed by atoms with Crippen molar-refractivity contribution in [3.05, 3.63) is 12.2 Å². The van der Waals surface area contributed by atoms with E-state index in [-0.39, 0.29) is 24.3 Å². The highest BCUT2D eigenvalue weighted by Crippen LogP contribution is 2.51. The average Bonchev–Trinajstić information content (AvgIpc) is 2.42. The smallest absolute Gasteiger partial charge is 0.450 e. The maximum atomic E-state index is 13.4. The Hall–Kier alpha value is -1.28. The first-order valence-corrected chi connectivity index (χ1v) is 7.07. The molecule has 0 saturated heterocycles. The number of hydrogen-bond acceptors (Lipinski definition) is 2. The van der Waals surface area contributed by atoms with E-state index in [9.17, 15) is 35.5 Å². The molecule has 2 aliphatic carbocycles. The second kappa shape index (κ2) is 5.37. The molecule has 0 aliphatic heterocycles. The van der Waals surface area contributed by atoms with Crippen molar-refractivity contribution < 1.29 is 40.3 Å². The van der Waals surface area contributed by atoms with Gasteiger partial charge in [0.05, 0.1) is 0 Å². The number of carbonyl (C=O) groups excluding carboxylic acids is 1. The topological polar surface area (TPSA) is 26.3 Å². The van der Waals surface area contributed by atoms with Crippen LogP contribution in [0, 0.1) is 5.92 Å². The summed E-state index contributed by atoms with van der Waals surface area (Å²) in [7, 11) is 0. The molecule has 2 nitrogen and oxygen atoms in total. The molecule has 0 heterocycles. The second-order valence-electron chi connectivity index (χ2n) is 6.13. The van der Waals surface area contributed by atoms with Gasteiger partial charge in [-0.3, -0.25) is 0 Å². The van der Waals surface area contributed by atoms with Crippen molar-refractivity contribution in [1.82, 2.24) is 0 Å². The van der Waals surface area contributed by atoms with Crippen molar-refractivity contribution >= 4 is 5.97 Å². The molecule has 2 rings (SSSR count). The Kier molecular flexibility index (Phi) is 4.22. The Bertz CT molecular complexity index is 512. The number of alkyl halides is 7. The molecule has 2 aliphatic rings. The number of hydrogen-bond donors (Lipinski definition) is 0. The van der Waals surface area contributed by atoms with Crippen LogP contribution >= 0.6 is 0 Å². The molecule has 9 heteroatoms. The molecule has 0 radical (unpaired) electrons. The van der Waals surface area contributed by atoms with Crippen LogP contribution in [-0.2, 0) is 9.53 Å². The van der Waals surface area contributed by atoms with Crippen molar-refractivity contribution in [3.63, 3.8) is 0 Å². The monoisotopic (exact) mass is 348 g/mol. The summed E-state index contributed by atoms with van der Waals surface area (Å²) in [4.78, 5) is 11.5. The minimum absolute atomic E-state index is 0.0544. The van der Waals surface area contributed by atoms with E-state index < -0.39 is 29.6 Å². The number of rotatable bonds is 3. The van der Waals surface area contributed by atoms with Gasteiger partial charge in [0.25, 0.3) is 0 Å². The normalized spacial score (nSPS) is 29.3. The van der Waals surface area contributed by atoms with Crippen LogP contribution in [0.2, 0.25) is 0 Å². The largest absolute Gasteiger partial charge is 0.460 e. The molecule has 2 atom stereocenters. The SMILES string of the molecule is C=C1CCC2CCCC1(OC(=O)C(F)(F)C(F)(F)C(F)(F)F)C2. The zero-order chi connectivity index (χ0) is 17.7. The van der Waals surface area contributed by atoms with Gasteiger partial charge in [0.1, 0.15) is 5.60 Å².